The first-order valence-electron chi connectivity index (χ1n) is 6.43. The lowest BCUT2D eigenvalue weighted by Gasteiger charge is -2.24. The van der Waals surface area contributed by atoms with E-state index in [1.54, 1.807) is 24.0 Å². The molecular formula is C14H20ClN3O2. The van der Waals surface area contributed by atoms with E-state index >= 15 is 0 Å². The average molecular weight is 298 g/mol. The standard InChI is InChI=1S/C14H20ClN3O2/c1-4-18(8-10(3)13(16)17-20)14(19)12-7-11(15)6-5-9(12)2/h5-7,10,20H,4,8H2,1-3H3,(H2,16,17). The van der Waals surface area contributed by atoms with Gasteiger partial charge in [-0.3, -0.25) is 4.79 Å². The summed E-state index contributed by atoms with van der Waals surface area (Å²) in [5, 5.41) is 12.2. The normalized spacial score (nSPS) is 13.1. The van der Waals surface area contributed by atoms with Crippen molar-refractivity contribution in [3.05, 3.63) is 34.3 Å². The number of halogens is 1. The Morgan fingerprint density at radius 3 is 2.75 bits per heavy atom. The Balaban J connectivity index is 2.95. The molecule has 6 heteroatoms. The van der Waals surface area contributed by atoms with Crippen LogP contribution in [0.2, 0.25) is 5.02 Å². The summed E-state index contributed by atoms with van der Waals surface area (Å²) in [4.78, 5) is 14.2. The third-order valence-corrected chi connectivity index (χ3v) is 3.45. The maximum atomic E-state index is 12.5. The van der Waals surface area contributed by atoms with E-state index in [1.165, 1.54) is 0 Å². The van der Waals surface area contributed by atoms with Crippen molar-refractivity contribution in [2.24, 2.45) is 16.8 Å². The molecule has 1 amide bonds. The Labute approximate surface area is 124 Å². The number of nitrogens with zero attached hydrogens (tertiary/aromatic N) is 2. The maximum Gasteiger partial charge on any atom is 0.254 e. The van der Waals surface area contributed by atoms with Crippen molar-refractivity contribution in [1.29, 1.82) is 0 Å². The van der Waals surface area contributed by atoms with Crippen LogP contribution in [-0.2, 0) is 0 Å². The predicted octanol–water partition coefficient (Wildman–Crippen LogP) is 2.49. The molecule has 1 atom stereocenters. The highest BCUT2D eigenvalue weighted by molar-refractivity contribution is 6.31. The highest BCUT2D eigenvalue weighted by Gasteiger charge is 2.20. The van der Waals surface area contributed by atoms with Crippen LogP contribution in [0.15, 0.2) is 23.4 Å². The molecule has 0 saturated carbocycles. The van der Waals surface area contributed by atoms with Gasteiger partial charge in [-0.05, 0) is 31.5 Å². The van der Waals surface area contributed by atoms with Crippen molar-refractivity contribution in [3.8, 4) is 0 Å². The van der Waals surface area contributed by atoms with Crippen LogP contribution >= 0.6 is 11.6 Å². The fourth-order valence-electron chi connectivity index (χ4n) is 1.87. The van der Waals surface area contributed by atoms with Gasteiger partial charge in [0.25, 0.3) is 5.91 Å². The van der Waals surface area contributed by atoms with Crippen LogP contribution in [0, 0.1) is 12.8 Å². The number of oxime groups is 1. The summed E-state index contributed by atoms with van der Waals surface area (Å²) in [5.41, 5.74) is 7.00. The quantitative estimate of drug-likeness (QED) is 0.379. The molecule has 0 aromatic heterocycles. The van der Waals surface area contributed by atoms with E-state index < -0.39 is 0 Å². The molecule has 3 N–H and O–H groups in total. The van der Waals surface area contributed by atoms with Crippen LogP contribution < -0.4 is 5.73 Å². The van der Waals surface area contributed by atoms with E-state index in [-0.39, 0.29) is 17.7 Å². The van der Waals surface area contributed by atoms with Crippen LogP contribution in [0.5, 0.6) is 0 Å². The Morgan fingerprint density at radius 1 is 1.55 bits per heavy atom. The van der Waals surface area contributed by atoms with Crippen LogP contribution in [-0.4, -0.2) is 34.9 Å². The van der Waals surface area contributed by atoms with Crippen LogP contribution in [0.25, 0.3) is 0 Å². The number of rotatable bonds is 5. The van der Waals surface area contributed by atoms with Gasteiger partial charge in [0.15, 0.2) is 0 Å². The third-order valence-electron chi connectivity index (χ3n) is 3.21. The van der Waals surface area contributed by atoms with Crippen LogP contribution in [0.4, 0.5) is 0 Å². The average Bonchev–Trinajstić information content (AvgIpc) is 2.45. The molecule has 0 radical (unpaired) electrons. The van der Waals surface area contributed by atoms with Crippen molar-refractivity contribution >= 4 is 23.3 Å². The topological polar surface area (TPSA) is 78.9 Å². The highest BCUT2D eigenvalue weighted by atomic mass is 35.5. The zero-order valence-corrected chi connectivity index (χ0v) is 12.7. The van der Waals surface area contributed by atoms with Crippen LogP contribution in [0.3, 0.4) is 0 Å². The lowest BCUT2D eigenvalue weighted by Crippen LogP contribution is -2.39. The molecular weight excluding hydrogens is 278 g/mol. The lowest BCUT2D eigenvalue weighted by molar-refractivity contribution is 0.0753. The van der Waals surface area contributed by atoms with Crippen molar-refractivity contribution < 1.29 is 10.0 Å². The number of amides is 1. The fourth-order valence-corrected chi connectivity index (χ4v) is 2.05. The second kappa shape index (κ2) is 7.14. The monoisotopic (exact) mass is 297 g/mol. The second-order valence-electron chi connectivity index (χ2n) is 4.73. The van der Waals surface area contributed by atoms with E-state index in [1.807, 2.05) is 19.9 Å². The second-order valence-corrected chi connectivity index (χ2v) is 5.17. The summed E-state index contributed by atoms with van der Waals surface area (Å²) in [5.74, 6) is -0.215. The van der Waals surface area contributed by atoms with Gasteiger partial charge in [0.2, 0.25) is 0 Å². The van der Waals surface area contributed by atoms with Gasteiger partial charge in [-0.2, -0.15) is 0 Å². The number of carbonyl (C=O) groups excluding carboxylic acids is 1. The Kier molecular flexibility index (Phi) is 5.82. The molecule has 0 aliphatic heterocycles. The number of amidine groups is 1. The highest BCUT2D eigenvalue weighted by Crippen LogP contribution is 2.18. The number of benzene rings is 1. The zero-order chi connectivity index (χ0) is 15.3. The van der Waals surface area contributed by atoms with E-state index in [0.717, 1.165) is 5.56 Å². The van der Waals surface area contributed by atoms with Crippen molar-refractivity contribution in [3.63, 3.8) is 0 Å². The predicted molar refractivity (Wildman–Crippen MR) is 80.3 cm³/mol. The SMILES string of the molecule is CCN(CC(C)/C(N)=N/O)C(=O)c1cc(Cl)ccc1C. The van der Waals surface area contributed by atoms with Gasteiger partial charge < -0.3 is 15.8 Å². The van der Waals surface area contributed by atoms with Gasteiger partial charge >= 0.3 is 0 Å². The number of nitrogens with two attached hydrogens (primary N) is 1. The molecule has 0 spiro atoms. The minimum atomic E-state index is -0.219. The number of carbonyl (C=O) groups is 1. The summed E-state index contributed by atoms with van der Waals surface area (Å²) in [6, 6.07) is 5.23. The summed E-state index contributed by atoms with van der Waals surface area (Å²) in [6.45, 7) is 6.47. The van der Waals surface area contributed by atoms with Crippen LogP contribution in [0.1, 0.15) is 29.8 Å². The van der Waals surface area contributed by atoms with E-state index in [9.17, 15) is 4.79 Å². The van der Waals surface area contributed by atoms with Crippen molar-refractivity contribution in [2.75, 3.05) is 13.1 Å². The molecule has 0 fully saturated rings. The molecule has 0 heterocycles. The largest absolute Gasteiger partial charge is 0.409 e. The molecule has 0 saturated heterocycles. The first-order chi connectivity index (χ1) is 9.40. The van der Waals surface area contributed by atoms with Crippen molar-refractivity contribution in [2.45, 2.75) is 20.8 Å². The molecule has 0 aliphatic rings. The lowest BCUT2D eigenvalue weighted by atomic mass is 10.1. The maximum absolute atomic E-state index is 12.5. The van der Waals surface area contributed by atoms with E-state index in [0.29, 0.717) is 23.7 Å². The Hall–Kier alpha value is -1.75. The summed E-state index contributed by atoms with van der Waals surface area (Å²) in [6.07, 6.45) is 0. The third kappa shape index (κ3) is 3.87. The minimum Gasteiger partial charge on any atom is -0.409 e. The molecule has 1 aromatic carbocycles. The molecule has 0 aliphatic carbocycles. The first-order valence-corrected chi connectivity index (χ1v) is 6.81. The molecule has 20 heavy (non-hydrogen) atoms. The minimum absolute atomic E-state index is 0.106. The summed E-state index contributed by atoms with van der Waals surface area (Å²) < 4.78 is 0. The fraction of sp³-hybridized carbons (Fsp3) is 0.429. The molecule has 1 rings (SSSR count). The van der Waals surface area contributed by atoms with Gasteiger partial charge in [0, 0.05) is 29.6 Å². The molecule has 110 valence electrons. The number of hydrogen-bond acceptors (Lipinski definition) is 3. The number of aryl methyl sites for hydroxylation is 1. The van der Waals surface area contributed by atoms with Gasteiger partial charge in [-0.25, -0.2) is 0 Å². The van der Waals surface area contributed by atoms with E-state index in [4.69, 9.17) is 22.5 Å². The number of hydrogen-bond donors (Lipinski definition) is 2. The molecule has 0 bridgehead atoms. The molecule has 5 nitrogen and oxygen atoms in total. The molecule has 1 aromatic rings. The smallest absolute Gasteiger partial charge is 0.254 e. The van der Waals surface area contributed by atoms with Gasteiger partial charge in [-0.1, -0.05) is 29.7 Å². The first kappa shape index (κ1) is 16.3. The van der Waals surface area contributed by atoms with Gasteiger partial charge in [-0.15, -0.1) is 0 Å². The molecule has 1 unspecified atom stereocenters. The summed E-state index contributed by atoms with van der Waals surface area (Å²) in [7, 11) is 0. The van der Waals surface area contributed by atoms with Gasteiger partial charge in [0.1, 0.15) is 5.84 Å². The zero-order valence-electron chi connectivity index (χ0n) is 11.9. The van der Waals surface area contributed by atoms with Gasteiger partial charge in [0.05, 0.1) is 0 Å². The Morgan fingerprint density at radius 2 is 2.20 bits per heavy atom. The summed E-state index contributed by atoms with van der Waals surface area (Å²) >= 11 is 5.94. The van der Waals surface area contributed by atoms with Crippen molar-refractivity contribution in [1.82, 2.24) is 4.90 Å². The Bertz CT molecular complexity index is 517. The van der Waals surface area contributed by atoms with E-state index in [2.05, 4.69) is 5.16 Å².